The molecule has 0 aromatic carbocycles. The lowest BCUT2D eigenvalue weighted by Crippen LogP contribution is -2.12. The van der Waals surface area contributed by atoms with Gasteiger partial charge in [-0.15, -0.1) is 11.8 Å². The Hall–Kier alpha value is -1.03. The number of hydrogen-bond donors (Lipinski definition) is 1. The maximum atomic E-state index is 11.0. The minimum absolute atomic E-state index is 0.410. The fourth-order valence-corrected chi connectivity index (χ4v) is 1.79. The molecule has 0 spiro atoms. The fourth-order valence-electron chi connectivity index (χ4n) is 0.905. The minimum atomic E-state index is -0.410. The Bertz CT molecular complexity index is 301. The third kappa shape index (κ3) is 2.73. The van der Waals surface area contributed by atoms with Gasteiger partial charge in [0.2, 0.25) is 0 Å². The smallest absolute Gasteiger partial charge is 0.251 e. The Kier molecular flexibility index (Phi) is 3.76. The molecule has 0 aliphatic carbocycles. The monoisotopic (exact) mass is 196 g/mol. The lowest BCUT2D eigenvalue weighted by atomic mass is 10.3. The van der Waals surface area contributed by atoms with Gasteiger partial charge in [-0.1, -0.05) is 6.92 Å². The van der Waals surface area contributed by atoms with E-state index in [1.807, 2.05) is 6.07 Å². The zero-order valence-electron chi connectivity index (χ0n) is 7.49. The van der Waals surface area contributed by atoms with Crippen molar-refractivity contribution in [2.75, 3.05) is 5.75 Å². The fraction of sp³-hybridized carbons (Fsp3) is 0.333. The second kappa shape index (κ2) is 4.87. The number of nitrogens with zero attached hydrogens (tertiary/aromatic N) is 1. The molecule has 1 amide bonds. The number of nitrogens with two attached hydrogens (primary N) is 1. The number of aromatic nitrogens is 1. The predicted molar refractivity (Wildman–Crippen MR) is 53.8 cm³/mol. The molecule has 13 heavy (non-hydrogen) atoms. The van der Waals surface area contributed by atoms with Crippen LogP contribution in [0.4, 0.5) is 0 Å². The summed E-state index contributed by atoms with van der Waals surface area (Å²) in [7, 11) is 0. The lowest BCUT2D eigenvalue weighted by molar-refractivity contribution is 0.0997. The van der Waals surface area contributed by atoms with Crippen molar-refractivity contribution < 1.29 is 4.79 Å². The van der Waals surface area contributed by atoms with Crippen LogP contribution in [0, 0.1) is 0 Å². The Morgan fingerprint density at radius 1 is 1.69 bits per heavy atom. The molecule has 1 heterocycles. The van der Waals surface area contributed by atoms with Crippen LogP contribution in [0.1, 0.15) is 23.7 Å². The normalized spacial score (nSPS) is 9.92. The first-order valence-electron chi connectivity index (χ1n) is 4.12. The average Bonchev–Trinajstić information content (AvgIpc) is 2.15. The van der Waals surface area contributed by atoms with Crippen molar-refractivity contribution in [3.8, 4) is 0 Å². The first kappa shape index (κ1) is 10.1. The third-order valence-corrected chi connectivity index (χ3v) is 2.79. The predicted octanol–water partition coefficient (Wildman–Crippen LogP) is 1.68. The number of primary amides is 1. The summed E-state index contributed by atoms with van der Waals surface area (Å²) in [5.41, 5.74) is 5.71. The topological polar surface area (TPSA) is 56.0 Å². The molecule has 0 aliphatic rings. The first-order valence-corrected chi connectivity index (χ1v) is 5.11. The molecule has 1 aromatic rings. The van der Waals surface area contributed by atoms with Gasteiger partial charge in [0.25, 0.3) is 5.91 Å². The lowest BCUT2D eigenvalue weighted by Gasteiger charge is -2.03. The molecule has 0 unspecified atom stereocenters. The quantitative estimate of drug-likeness (QED) is 0.745. The van der Waals surface area contributed by atoms with Gasteiger partial charge in [-0.25, -0.2) is 0 Å². The van der Waals surface area contributed by atoms with E-state index >= 15 is 0 Å². The Morgan fingerprint density at radius 3 is 3.08 bits per heavy atom. The second-order valence-electron chi connectivity index (χ2n) is 2.58. The highest BCUT2D eigenvalue weighted by molar-refractivity contribution is 7.99. The summed E-state index contributed by atoms with van der Waals surface area (Å²) < 4.78 is 0. The number of amides is 1. The third-order valence-electron chi connectivity index (χ3n) is 1.51. The van der Waals surface area contributed by atoms with E-state index in [9.17, 15) is 4.79 Å². The molecule has 0 bridgehead atoms. The van der Waals surface area contributed by atoms with E-state index in [4.69, 9.17) is 5.73 Å². The molecule has 70 valence electrons. The van der Waals surface area contributed by atoms with E-state index in [1.165, 1.54) is 6.20 Å². The van der Waals surface area contributed by atoms with Crippen molar-refractivity contribution >= 4 is 17.7 Å². The van der Waals surface area contributed by atoms with Crippen molar-refractivity contribution in [1.82, 2.24) is 4.98 Å². The van der Waals surface area contributed by atoms with Crippen LogP contribution in [-0.2, 0) is 0 Å². The van der Waals surface area contributed by atoms with E-state index in [0.717, 1.165) is 17.1 Å². The molecule has 0 aliphatic heterocycles. The van der Waals surface area contributed by atoms with Gasteiger partial charge < -0.3 is 5.73 Å². The van der Waals surface area contributed by atoms with Crippen LogP contribution in [0.2, 0.25) is 0 Å². The highest BCUT2D eigenvalue weighted by Gasteiger charge is 2.06. The maximum absolute atomic E-state index is 11.0. The summed E-state index contributed by atoms with van der Waals surface area (Å²) in [5.74, 6) is 0.580. The van der Waals surface area contributed by atoms with E-state index in [2.05, 4.69) is 11.9 Å². The van der Waals surface area contributed by atoms with Gasteiger partial charge in [0, 0.05) is 17.3 Å². The largest absolute Gasteiger partial charge is 0.366 e. The second-order valence-corrected chi connectivity index (χ2v) is 3.72. The Labute approximate surface area is 81.7 Å². The van der Waals surface area contributed by atoms with Crippen molar-refractivity contribution in [3.63, 3.8) is 0 Å². The molecular weight excluding hydrogens is 184 g/mol. The molecule has 0 atom stereocenters. The summed E-state index contributed by atoms with van der Waals surface area (Å²) in [4.78, 5) is 15.7. The van der Waals surface area contributed by atoms with Crippen molar-refractivity contribution in [2.24, 2.45) is 5.73 Å². The van der Waals surface area contributed by atoms with Crippen LogP contribution in [0.3, 0.4) is 0 Å². The van der Waals surface area contributed by atoms with E-state index in [-0.39, 0.29) is 0 Å². The molecule has 0 fully saturated rings. The number of carbonyl (C=O) groups excluding carboxylic acids is 1. The summed E-state index contributed by atoms with van der Waals surface area (Å²) >= 11 is 1.63. The number of hydrogen-bond acceptors (Lipinski definition) is 3. The van der Waals surface area contributed by atoms with Crippen LogP contribution < -0.4 is 5.73 Å². The van der Waals surface area contributed by atoms with Gasteiger partial charge >= 0.3 is 0 Å². The minimum Gasteiger partial charge on any atom is -0.366 e. The highest BCUT2D eigenvalue weighted by atomic mass is 32.2. The molecule has 1 aromatic heterocycles. The Morgan fingerprint density at radius 2 is 2.46 bits per heavy atom. The van der Waals surface area contributed by atoms with Gasteiger partial charge in [0.15, 0.2) is 0 Å². The Balaban J connectivity index is 2.84. The summed E-state index contributed by atoms with van der Waals surface area (Å²) in [6.45, 7) is 2.10. The molecule has 3 nitrogen and oxygen atoms in total. The molecule has 4 heteroatoms. The number of carbonyl (C=O) groups is 1. The number of thioether (sulfide) groups is 1. The van der Waals surface area contributed by atoms with Gasteiger partial charge in [0.05, 0.1) is 5.56 Å². The van der Waals surface area contributed by atoms with Gasteiger partial charge in [-0.2, -0.15) is 0 Å². The highest BCUT2D eigenvalue weighted by Crippen LogP contribution is 2.21. The van der Waals surface area contributed by atoms with Gasteiger partial charge in [0.1, 0.15) is 0 Å². The van der Waals surface area contributed by atoms with Gasteiger partial charge in [-0.05, 0) is 18.2 Å². The molecule has 0 saturated carbocycles. The summed E-state index contributed by atoms with van der Waals surface area (Å²) in [6, 6.07) is 1.82. The van der Waals surface area contributed by atoms with Crippen LogP contribution >= 0.6 is 11.8 Å². The van der Waals surface area contributed by atoms with Crippen molar-refractivity contribution in [1.29, 1.82) is 0 Å². The van der Waals surface area contributed by atoms with E-state index in [0.29, 0.717) is 5.56 Å². The zero-order chi connectivity index (χ0) is 9.68. The molecular formula is C9H12N2OS. The van der Waals surface area contributed by atoms with Crippen LogP contribution in [0.5, 0.6) is 0 Å². The van der Waals surface area contributed by atoms with E-state index in [1.54, 1.807) is 18.0 Å². The molecule has 0 saturated heterocycles. The number of pyridine rings is 1. The van der Waals surface area contributed by atoms with Crippen molar-refractivity contribution in [3.05, 3.63) is 24.0 Å². The zero-order valence-corrected chi connectivity index (χ0v) is 8.30. The maximum Gasteiger partial charge on any atom is 0.251 e. The summed E-state index contributed by atoms with van der Waals surface area (Å²) in [6.07, 6.45) is 4.26. The molecule has 0 radical (unpaired) electrons. The van der Waals surface area contributed by atoms with Gasteiger partial charge in [-0.3, -0.25) is 9.78 Å². The molecule has 2 N–H and O–H groups in total. The van der Waals surface area contributed by atoms with E-state index < -0.39 is 5.91 Å². The van der Waals surface area contributed by atoms with Crippen LogP contribution in [-0.4, -0.2) is 16.6 Å². The van der Waals surface area contributed by atoms with Crippen LogP contribution in [0.15, 0.2) is 23.4 Å². The SMILES string of the molecule is CCCSc1ccncc1C(N)=O. The number of rotatable bonds is 4. The van der Waals surface area contributed by atoms with Crippen molar-refractivity contribution in [2.45, 2.75) is 18.2 Å². The standard InChI is InChI=1S/C9H12N2OS/c1-2-5-13-8-3-4-11-6-7(8)9(10)12/h3-4,6H,2,5H2,1H3,(H2,10,12). The summed E-state index contributed by atoms with van der Waals surface area (Å²) in [5, 5.41) is 0. The average molecular weight is 196 g/mol. The van der Waals surface area contributed by atoms with Crippen LogP contribution in [0.25, 0.3) is 0 Å². The first-order chi connectivity index (χ1) is 6.25. The molecule has 1 rings (SSSR count).